The van der Waals surface area contributed by atoms with Crippen LogP contribution < -0.4 is 0 Å². The zero-order valence-electron chi connectivity index (χ0n) is 9.25. The first-order valence-electron chi connectivity index (χ1n) is 4.90. The summed E-state index contributed by atoms with van der Waals surface area (Å²) < 4.78 is 5.27. The maximum Gasteiger partial charge on any atom is 0.335 e. The summed E-state index contributed by atoms with van der Waals surface area (Å²) in [6, 6.07) is 0. The van der Waals surface area contributed by atoms with E-state index in [-0.39, 0.29) is 6.61 Å². The van der Waals surface area contributed by atoms with Crippen molar-refractivity contribution in [3.8, 4) is 0 Å². The van der Waals surface area contributed by atoms with Gasteiger partial charge in [-0.25, -0.2) is 4.79 Å². The Kier molecular flexibility index (Phi) is 5.46. The predicted molar refractivity (Wildman–Crippen MR) is 56.3 cm³/mol. The van der Waals surface area contributed by atoms with Crippen molar-refractivity contribution in [2.24, 2.45) is 5.92 Å². The standard InChI is InChI=1S/C11H20O3/c1-5-8-14-11(4,10(12)13)7-6-9(2)3/h5,9H,1,6-8H2,2-4H3,(H,12,13). The van der Waals surface area contributed by atoms with Crippen molar-refractivity contribution >= 4 is 5.97 Å². The van der Waals surface area contributed by atoms with E-state index in [0.717, 1.165) is 6.42 Å². The first-order valence-corrected chi connectivity index (χ1v) is 4.90. The molecular formula is C11H20O3. The lowest BCUT2D eigenvalue weighted by molar-refractivity contribution is -0.163. The molecule has 1 atom stereocenters. The summed E-state index contributed by atoms with van der Waals surface area (Å²) in [7, 11) is 0. The average Bonchev–Trinajstić information content (AvgIpc) is 2.11. The van der Waals surface area contributed by atoms with Gasteiger partial charge in [-0.15, -0.1) is 6.58 Å². The number of carboxylic acids is 1. The van der Waals surface area contributed by atoms with E-state index in [1.54, 1.807) is 13.0 Å². The van der Waals surface area contributed by atoms with Crippen LogP contribution in [0.2, 0.25) is 0 Å². The Hall–Kier alpha value is -0.830. The van der Waals surface area contributed by atoms with Gasteiger partial charge in [-0.05, 0) is 25.7 Å². The molecule has 82 valence electrons. The topological polar surface area (TPSA) is 46.5 Å². The third kappa shape index (κ3) is 4.42. The Labute approximate surface area is 85.8 Å². The molecule has 0 aliphatic heterocycles. The lowest BCUT2D eigenvalue weighted by atomic mass is 9.95. The van der Waals surface area contributed by atoms with Crippen molar-refractivity contribution in [3.63, 3.8) is 0 Å². The first-order chi connectivity index (χ1) is 6.42. The third-order valence-corrected chi connectivity index (χ3v) is 2.17. The normalized spacial score (nSPS) is 15.1. The summed E-state index contributed by atoms with van der Waals surface area (Å²) in [6.07, 6.45) is 2.95. The SMILES string of the molecule is C=CCOC(C)(CCC(C)C)C(=O)O. The van der Waals surface area contributed by atoms with E-state index in [1.165, 1.54) is 0 Å². The zero-order valence-corrected chi connectivity index (χ0v) is 9.25. The second-order valence-corrected chi connectivity index (χ2v) is 4.07. The van der Waals surface area contributed by atoms with Crippen LogP contribution in [-0.4, -0.2) is 23.3 Å². The molecule has 0 saturated heterocycles. The molecule has 0 aromatic heterocycles. The smallest absolute Gasteiger partial charge is 0.335 e. The van der Waals surface area contributed by atoms with Crippen LogP contribution in [0.15, 0.2) is 12.7 Å². The molecule has 1 N–H and O–H groups in total. The van der Waals surface area contributed by atoms with Gasteiger partial charge < -0.3 is 9.84 Å². The molecule has 0 spiro atoms. The van der Waals surface area contributed by atoms with Gasteiger partial charge >= 0.3 is 5.97 Å². The van der Waals surface area contributed by atoms with Crippen molar-refractivity contribution in [1.82, 2.24) is 0 Å². The van der Waals surface area contributed by atoms with Crippen LogP contribution >= 0.6 is 0 Å². The van der Waals surface area contributed by atoms with Crippen LogP contribution in [0.1, 0.15) is 33.6 Å². The van der Waals surface area contributed by atoms with Gasteiger partial charge in [0.1, 0.15) is 0 Å². The Balaban J connectivity index is 4.23. The molecule has 0 fully saturated rings. The molecule has 1 unspecified atom stereocenters. The van der Waals surface area contributed by atoms with Crippen molar-refractivity contribution < 1.29 is 14.6 Å². The van der Waals surface area contributed by atoms with Crippen LogP contribution in [0.25, 0.3) is 0 Å². The van der Waals surface area contributed by atoms with Crippen molar-refractivity contribution in [2.45, 2.75) is 39.2 Å². The van der Waals surface area contributed by atoms with E-state index in [2.05, 4.69) is 20.4 Å². The highest BCUT2D eigenvalue weighted by Crippen LogP contribution is 2.21. The molecule has 0 aromatic rings. The van der Waals surface area contributed by atoms with Gasteiger partial charge in [0.25, 0.3) is 0 Å². The quantitative estimate of drug-likeness (QED) is 0.642. The Morgan fingerprint density at radius 2 is 2.21 bits per heavy atom. The molecule has 0 bridgehead atoms. The van der Waals surface area contributed by atoms with Gasteiger partial charge in [0, 0.05) is 0 Å². The van der Waals surface area contributed by atoms with E-state index >= 15 is 0 Å². The van der Waals surface area contributed by atoms with E-state index < -0.39 is 11.6 Å². The van der Waals surface area contributed by atoms with Crippen molar-refractivity contribution in [3.05, 3.63) is 12.7 Å². The molecule has 0 amide bonds. The maximum atomic E-state index is 11.0. The van der Waals surface area contributed by atoms with Crippen LogP contribution in [0, 0.1) is 5.92 Å². The van der Waals surface area contributed by atoms with E-state index in [9.17, 15) is 4.79 Å². The number of carbonyl (C=O) groups is 1. The summed E-state index contributed by atoms with van der Waals surface area (Å²) in [6.45, 7) is 9.52. The van der Waals surface area contributed by atoms with E-state index in [1.807, 2.05) is 0 Å². The molecule has 14 heavy (non-hydrogen) atoms. The van der Waals surface area contributed by atoms with Crippen LogP contribution in [0.5, 0.6) is 0 Å². The lowest BCUT2D eigenvalue weighted by Gasteiger charge is -2.25. The van der Waals surface area contributed by atoms with Crippen molar-refractivity contribution in [2.75, 3.05) is 6.61 Å². The van der Waals surface area contributed by atoms with Gasteiger partial charge in [-0.1, -0.05) is 19.9 Å². The monoisotopic (exact) mass is 200 g/mol. The Morgan fingerprint density at radius 1 is 1.64 bits per heavy atom. The molecular weight excluding hydrogens is 180 g/mol. The van der Waals surface area contributed by atoms with Gasteiger partial charge in [0.05, 0.1) is 6.61 Å². The second kappa shape index (κ2) is 5.81. The highest BCUT2D eigenvalue weighted by Gasteiger charge is 2.33. The Morgan fingerprint density at radius 3 is 2.57 bits per heavy atom. The number of aliphatic carboxylic acids is 1. The van der Waals surface area contributed by atoms with Gasteiger partial charge in [0.15, 0.2) is 5.60 Å². The van der Waals surface area contributed by atoms with Crippen LogP contribution in [0.4, 0.5) is 0 Å². The number of carboxylic acid groups (broad SMARTS) is 1. The highest BCUT2D eigenvalue weighted by atomic mass is 16.5. The minimum absolute atomic E-state index is 0.279. The molecule has 0 heterocycles. The van der Waals surface area contributed by atoms with Crippen LogP contribution in [-0.2, 0) is 9.53 Å². The number of hydrogen-bond acceptors (Lipinski definition) is 2. The maximum absolute atomic E-state index is 11.0. The minimum atomic E-state index is -1.07. The number of ether oxygens (including phenoxy) is 1. The minimum Gasteiger partial charge on any atom is -0.479 e. The number of rotatable bonds is 7. The molecule has 3 nitrogen and oxygen atoms in total. The molecule has 0 aliphatic rings. The predicted octanol–water partition coefficient (Wildman–Crippen LogP) is 2.47. The van der Waals surface area contributed by atoms with Crippen molar-refractivity contribution in [1.29, 1.82) is 0 Å². The fourth-order valence-electron chi connectivity index (χ4n) is 1.05. The van der Waals surface area contributed by atoms with E-state index in [4.69, 9.17) is 9.84 Å². The van der Waals surface area contributed by atoms with Crippen LogP contribution in [0.3, 0.4) is 0 Å². The molecule has 0 saturated carbocycles. The van der Waals surface area contributed by atoms with Gasteiger partial charge in [-0.3, -0.25) is 0 Å². The molecule has 0 rings (SSSR count). The lowest BCUT2D eigenvalue weighted by Crippen LogP contribution is -2.38. The molecule has 0 radical (unpaired) electrons. The molecule has 0 aromatic carbocycles. The van der Waals surface area contributed by atoms with Gasteiger partial charge in [0.2, 0.25) is 0 Å². The first kappa shape index (κ1) is 13.2. The fourth-order valence-corrected chi connectivity index (χ4v) is 1.05. The molecule has 0 aliphatic carbocycles. The summed E-state index contributed by atoms with van der Waals surface area (Å²) >= 11 is 0. The third-order valence-electron chi connectivity index (χ3n) is 2.17. The van der Waals surface area contributed by atoms with Gasteiger partial charge in [-0.2, -0.15) is 0 Å². The summed E-state index contributed by atoms with van der Waals surface area (Å²) in [5, 5.41) is 9.01. The summed E-state index contributed by atoms with van der Waals surface area (Å²) in [5.41, 5.74) is -1.07. The second-order valence-electron chi connectivity index (χ2n) is 4.07. The fraction of sp³-hybridized carbons (Fsp3) is 0.727. The zero-order chi connectivity index (χ0) is 11.2. The highest BCUT2D eigenvalue weighted by molar-refractivity contribution is 5.76. The summed E-state index contributed by atoms with van der Waals surface area (Å²) in [5.74, 6) is -0.416. The molecule has 3 heteroatoms. The summed E-state index contributed by atoms with van der Waals surface area (Å²) in [4.78, 5) is 11.0. The Bertz CT molecular complexity index is 199. The average molecular weight is 200 g/mol. The number of hydrogen-bond donors (Lipinski definition) is 1. The largest absolute Gasteiger partial charge is 0.479 e. The van der Waals surface area contributed by atoms with E-state index in [0.29, 0.717) is 12.3 Å².